The Morgan fingerprint density at radius 1 is 1.10 bits per heavy atom. The third-order valence-electron chi connectivity index (χ3n) is 2.48. The predicted octanol–water partition coefficient (Wildman–Crippen LogP) is 3.94. The number of thiophene rings is 1. The lowest BCUT2D eigenvalue weighted by molar-refractivity contribution is -0.421. The highest BCUT2D eigenvalue weighted by Gasteiger charge is 2.35. The van der Waals surface area contributed by atoms with E-state index in [4.69, 9.17) is 0 Å². The number of anilines is 1. The van der Waals surface area contributed by atoms with Crippen LogP contribution in [0.1, 0.15) is 5.56 Å². The largest absolute Gasteiger partial charge is 0.381 e. The fourth-order valence-corrected chi connectivity index (χ4v) is 3.29. The van der Waals surface area contributed by atoms with E-state index in [2.05, 4.69) is 21.2 Å². The fraction of sp³-hybridized carbons (Fsp3) is 0.0909. The summed E-state index contributed by atoms with van der Waals surface area (Å²) in [5, 5.41) is 24.9. The SMILES string of the molecule is O=[N+]([O-])c1c(Br)sc(NCc2ccccc2)c1[N+](=O)[O-]. The number of rotatable bonds is 5. The first-order valence-corrected chi connectivity index (χ1v) is 7.00. The van der Waals surface area contributed by atoms with E-state index >= 15 is 0 Å². The molecule has 0 aliphatic rings. The van der Waals surface area contributed by atoms with E-state index in [1.165, 1.54) is 0 Å². The van der Waals surface area contributed by atoms with Gasteiger partial charge in [-0.1, -0.05) is 41.7 Å². The summed E-state index contributed by atoms with van der Waals surface area (Å²) in [6.07, 6.45) is 0. The van der Waals surface area contributed by atoms with Gasteiger partial charge in [0.1, 0.15) is 0 Å². The Balaban J connectivity index is 2.30. The monoisotopic (exact) mass is 357 g/mol. The van der Waals surface area contributed by atoms with E-state index in [0.29, 0.717) is 6.54 Å². The summed E-state index contributed by atoms with van der Waals surface area (Å²) >= 11 is 3.93. The van der Waals surface area contributed by atoms with Gasteiger partial charge < -0.3 is 5.32 Å². The normalized spacial score (nSPS) is 10.2. The fourth-order valence-electron chi connectivity index (χ4n) is 1.61. The van der Waals surface area contributed by atoms with Crippen LogP contribution in [-0.2, 0) is 6.54 Å². The highest BCUT2D eigenvalue weighted by atomic mass is 79.9. The third-order valence-corrected chi connectivity index (χ3v) is 4.25. The van der Waals surface area contributed by atoms with Gasteiger partial charge in [-0.3, -0.25) is 20.2 Å². The lowest BCUT2D eigenvalue weighted by atomic mass is 10.2. The number of benzene rings is 1. The molecule has 0 saturated heterocycles. The standard InChI is InChI=1S/C11H8BrN3O4S/c12-10-8(14(16)17)9(15(18)19)11(20-10)13-6-7-4-2-1-3-5-7/h1-5,13H,6H2. The zero-order valence-electron chi connectivity index (χ0n) is 9.91. The van der Waals surface area contributed by atoms with E-state index in [1.54, 1.807) is 0 Å². The van der Waals surface area contributed by atoms with Gasteiger partial charge in [0.25, 0.3) is 0 Å². The van der Waals surface area contributed by atoms with E-state index in [-0.39, 0.29) is 8.79 Å². The second kappa shape index (κ2) is 5.97. The molecular formula is C11H8BrN3O4S. The minimum atomic E-state index is -0.758. The molecule has 1 aromatic heterocycles. The molecule has 0 unspecified atom stereocenters. The minimum Gasteiger partial charge on any atom is -0.367 e. The van der Waals surface area contributed by atoms with Crippen molar-refractivity contribution in [1.82, 2.24) is 0 Å². The Bertz CT molecular complexity index is 659. The molecule has 104 valence electrons. The Morgan fingerprint density at radius 3 is 2.25 bits per heavy atom. The maximum absolute atomic E-state index is 11.0. The molecule has 0 bridgehead atoms. The second-order valence-electron chi connectivity index (χ2n) is 3.76. The topological polar surface area (TPSA) is 98.3 Å². The molecule has 0 spiro atoms. The number of nitrogens with one attached hydrogen (secondary N) is 1. The highest BCUT2D eigenvalue weighted by Crippen LogP contribution is 2.48. The molecule has 9 heteroatoms. The zero-order valence-corrected chi connectivity index (χ0v) is 12.3. The van der Waals surface area contributed by atoms with Gasteiger partial charge in [-0.25, -0.2) is 0 Å². The summed E-state index contributed by atoms with van der Waals surface area (Å²) in [5.41, 5.74) is -0.104. The molecule has 0 aliphatic carbocycles. The van der Waals surface area contributed by atoms with Gasteiger partial charge in [0.2, 0.25) is 0 Å². The van der Waals surface area contributed by atoms with Crippen molar-refractivity contribution in [2.45, 2.75) is 6.54 Å². The summed E-state index contributed by atoms with van der Waals surface area (Å²) in [6.45, 7) is 0.353. The Labute approximate surface area is 125 Å². The Morgan fingerprint density at radius 2 is 1.70 bits per heavy atom. The molecular weight excluding hydrogens is 350 g/mol. The minimum absolute atomic E-state index is 0.129. The Hall–Kier alpha value is -2.00. The van der Waals surface area contributed by atoms with Crippen LogP contribution in [0.15, 0.2) is 34.1 Å². The smallest absolute Gasteiger partial charge is 0.367 e. The first kappa shape index (κ1) is 14.4. The van der Waals surface area contributed by atoms with E-state index in [9.17, 15) is 20.2 Å². The van der Waals surface area contributed by atoms with Crippen LogP contribution < -0.4 is 5.32 Å². The van der Waals surface area contributed by atoms with E-state index in [1.807, 2.05) is 30.3 Å². The number of hydrogen-bond acceptors (Lipinski definition) is 6. The molecule has 2 rings (SSSR count). The second-order valence-corrected chi connectivity index (χ2v) is 6.09. The van der Waals surface area contributed by atoms with Gasteiger partial charge in [-0.05, 0) is 21.5 Å². The molecule has 1 N–H and O–H groups in total. The van der Waals surface area contributed by atoms with Gasteiger partial charge in [0.15, 0.2) is 8.79 Å². The van der Waals surface area contributed by atoms with Crippen molar-refractivity contribution >= 4 is 43.6 Å². The number of nitrogens with zero attached hydrogens (tertiary/aromatic N) is 2. The molecule has 1 heterocycles. The van der Waals surface area contributed by atoms with Gasteiger partial charge in [0.05, 0.1) is 9.85 Å². The summed E-state index contributed by atoms with van der Waals surface area (Å²) in [7, 11) is 0. The van der Waals surface area contributed by atoms with Crippen molar-refractivity contribution < 1.29 is 9.85 Å². The molecule has 0 fully saturated rings. The van der Waals surface area contributed by atoms with Crippen LogP contribution in [0.4, 0.5) is 16.4 Å². The lowest BCUT2D eigenvalue weighted by Gasteiger charge is -2.02. The first-order chi connectivity index (χ1) is 9.50. The molecule has 20 heavy (non-hydrogen) atoms. The van der Waals surface area contributed by atoms with E-state index < -0.39 is 21.2 Å². The molecule has 1 aromatic carbocycles. The molecule has 0 atom stereocenters. The first-order valence-electron chi connectivity index (χ1n) is 5.39. The van der Waals surface area contributed by atoms with Gasteiger partial charge in [0, 0.05) is 6.54 Å². The van der Waals surface area contributed by atoms with Crippen LogP contribution in [0.25, 0.3) is 0 Å². The van der Waals surface area contributed by atoms with Crippen molar-refractivity contribution in [2.75, 3.05) is 5.32 Å². The average molecular weight is 358 g/mol. The van der Waals surface area contributed by atoms with Gasteiger partial charge >= 0.3 is 11.4 Å². The van der Waals surface area contributed by atoms with Gasteiger partial charge in [-0.15, -0.1) is 0 Å². The lowest BCUT2D eigenvalue weighted by Crippen LogP contribution is -2.01. The molecule has 0 amide bonds. The highest BCUT2D eigenvalue weighted by molar-refractivity contribution is 9.11. The van der Waals surface area contributed by atoms with Gasteiger partial charge in [-0.2, -0.15) is 0 Å². The number of halogens is 1. The maximum atomic E-state index is 11.0. The van der Waals surface area contributed by atoms with Crippen LogP contribution in [0.5, 0.6) is 0 Å². The van der Waals surface area contributed by atoms with Crippen LogP contribution in [0.3, 0.4) is 0 Å². The third kappa shape index (κ3) is 2.94. The summed E-state index contributed by atoms with van der Waals surface area (Å²) < 4.78 is 0.129. The summed E-state index contributed by atoms with van der Waals surface area (Å²) in [6, 6.07) is 9.26. The van der Waals surface area contributed by atoms with Crippen molar-refractivity contribution in [3.05, 3.63) is 59.9 Å². The Kier molecular flexibility index (Phi) is 4.30. The maximum Gasteiger partial charge on any atom is 0.381 e. The number of hydrogen-bond donors (Lipinski definition) is 1. The van der Waals surface area contributed by atoms with E-state index in [0.717, 1.165) is 16.9 Å². The van der Waals surface area contributed by atoms with Crippen molar-refractivity contribution in [2.24, 2.45) is 0 Å². The molecule has 7 nitrogen and oxygen atoms in total. The van der Waals surface area contributed by atoms with Crippen molar-refractivity contribution in [3.8, 4) is 0 Å². The van der Waals surface area contributed by atoms with Crippen LogP contribution in [-0.4, -0.2) is 9.85 Å². The van der Waals surface area contributed by atoms with Crippen LogP contribution in [0.2, 0.25) is 0 Å². The van der Waals surface area contributed by atoms with Crippen LogP contribution >= 0.6 is 27.3 Å². The summed E-state index contributed by atoms with van der Waals surface area (Å²) in [5.74, 6) is 0. The molecule has 2 aromatic rings. The molecule has 0 aliphatic heterocycles. The molecule has 0 saturated carbocycles. The van der Waals surface area contributed by atoms with Crippen LogP contribution in [0, 0.1) is 20.2 Å². The zero-order chi connectivity index (χ0) is 14.7. The summed E-state index contributed by atoms with van der Waals surface area (Å²) in [4.78, 5) is 20.4. The quantitative estimate of drug-likeness (QED) is 0.645. The number of nitro groups is 2. The van der Waals surface area contributed by atoms with Crippen molar-refractivity contribution in [1.29, 1.82) is 0 Å². The predicted molar refractivity (Wildman–Crippen MR) is 79.1 cm³/mol. The average Bonchev–Trinajstić information content (AvgIpc) is 2.74. The molecule has 0 radical (unpaired) electrons. The van der Waals surface area contributed by atoms with Crippen molar-refractivity contribution in [3.63, 3.8) is 0 Å².